The second-order valence-corrected chi connectivity index (χ2v) is 11.3. The molecule has 0 radical (unpaired) electrons. The summed E-state index contributed by atoms with van der Waals surface area (Å²) in [5, 5.41) is 0. The summed E-state index contributed by atoms with van der Waals surface area (Å²) in [5.41, 5.74) is 9.85. The predicted molar refractivity (Wildman–Crippen MR) is 182 cm³/mol. The lowest BCUT2D eigenvalue weighted by Crippen LogP contribution is -2.40. The van der Waals surface area contributed by atoms with E-state index < -0.39 is 0 Å². The molecule has 4 nitrogen and oxygen atoms in total. The number of hydrogen-bond donors (Lipinski definition) is 0. The van der Waals surface area contributed by atoms with Crippen molar-refractivity contribution in [3.63, 3.8) is 0 Å². The highest BCUT2D eigenvalue weighted by Crippen LogP contribution is 2.24. The third-order valence-corrected chi connectivity index (χ3v) is 7.99. The zero-order valence-corrected chi connectivity index (χ0v) is 25.6. The lowest BCUT2D eigenvalue weighted by molar-refractivity contribution is -0.687. The van der Waals surface area contributed by atoms with Gasteiger partial charge in [0, 0.05) is 60.4 Å². The van der Waals surface area contributed by atoms with Gasteiger partial charge in [-0.1, -0.05) is 72.8 Å². The van der Waals surface area contributed by atoms with Gasteiger partial charge in [-0.25, -0.2) is 0 Å². The molecule has 0 aliphatic heterocycles. The second-order valence-electron chi connectivity index (χ2n) is 10.1. The van der Waals surface area contributed by atoms with Crippen LogP contribution >= 0.6 is 11.8 Å². The van der Waals surface area contributed by atoms with Gasteiger partial charge in [0.25, 0.3) is 0 Å². The van der Waals surface area contributed by atoms with Crippen molar-refractivity contribution in [3.05, 3.63) is 157 Å². The van der Waals surface area contributed by atoms with Gasteiger partial charge in [0.15, 0.2) is 12.2 Å². The molecule has 5 aromatic rings. The van der Waals surface area contributed by atoms with Gasteiger partial charge >= 0.3 is 0 Å². The Hall–Kier alpha value is -4.61. The molecule has 3 heterocycles. The summed E-state index contributed by atoms with van der Waals surface area (Å²) < 4.78 is 2.42. The average molecular weight is 582 g/mol. The highest BCUT2D eigenvalue weighted by atomic mass is 32.2. The van der Waals surface area contributed by atoms with Gasteiger partial charge in [0.05, 0.1) is 22.9 Å². The van der Waals surface area contributed by atoms with Crippen LogP contribution in [0.2, 0.25) is 0 Å². The maximum atomic E-state index is 5.06. The third kappa shape index (κ3) is 8.24. The molecule has 0 aliphatic carbocycles. The van der Waals surface area contributed by atoms with Crippen molar-refractivity contribution in [3.8, 4) is 22.5 Å². The maximum absolute atomic E-state index is 5.06. The molecule has 0 saturated heterocycles. The molecule has 5 rings (SSSR count). The minimum absolute atomic E-state index is 0.741. The highest BCUT2D eigenvalue weighted by Gasteiger charge is 2.19. The van der Waals surface area contributed by atoms with Crippen molar-refractivity contribution in [1.29, 1.82) is 0 Å². The highest BCUT2D eigenvalue weighted by molar-refractivity contribution is 7.99. The first-order chi connectivity index (χ1) is 21.2. The summed E-state index contributed by atoms with van der Waals surface area (Å²) >= 11 is 1.94. The number of benzene rings is 2. The molecule has 214 valence electrons. The number of hydrogen-bond acceptors (Lipinski definition) is 4. The van der Waals surface area contributed by atoms with E-state index in [4.69, 9.17) is 4.99 Å². The molecule has 0 N–H and O–H groups in total. The number of rotatable bonds is 12. The van der Waals surface area contributed by atoms with Crippen LogP contribution < -0.4 is 4.57 Å². The largest absolute Gasteiger partial charge is 0.284 e. The van der Waals surface area contributed by atoms with Crippen molar-refractivity contribution in [2.45, 2.75) is 20.4 Å². The van der Waals surface area contributed by atoms with Crippen LogP contribution in [0, 0.1) is 6.92 Å². The smallest absolute Gasteiger partial charge is 0.213 e. The zero-order valence-electron chi connectivity index (χ0n) is 24.8. The number of pyridine rings is 3. The van der Waals surface area contributed by atoms with Crippen LogP contribution in [0.5, 0.6) is 0 Å². The van der Waals surface area contributed by atoms with Gasteiger partial charge in [-0.15, -0.1) is 0 Å². The third-order valence-electron chi connectivity index (χ3n) is 7.05. The Morgan fingerprint density at radius 1 is 0.791 bits per heavy atom. The number of aromatic nitrogens is 3. The van der Waals surface area contributed by atoms with Crippen molar-refractivity contribution in [2.24, 2.45) is 4.99 Å². The molecule has 0 spiro atoms. The molecule has 0 saturated carbocycles. The number of aryl methyl sites for hydroxylation is 1. The molecular weight excluding hydrogens is 545 g/mol. The van der Waals surface area contributed by atoms with Crippen LogP contribution in [-0.4, -0.2) is 33.7 Å². The fourth-order valence-electron chi connectivity index (χ4n) is 4.97. The summed E-state index contributed by atoms with van der Waals surface area (Å²) in [6.07, 6.45) is 9.98. The molecule has 2 aromatic carbocycles. The Morgan fingerprint density at radius 3 is 2.21 bits per heavy atom. The normalized spacial score (nSPS) is 12.1. The monoisotopic (exact) mass is 581 g/mol. The molecule has 0 amide bonds. The summed E-state index contributed by atoms with van der Waals surface area (Å²) in [4.78, 5) is 14.2. The number of thioether (sulfide) groups is 1. The van der Waals surface area contributed by atoms with Gasteiger partial charge < -0.3 is 0 Å². The van der Waals surface area contributed by atoms with Crippen molar-refractivity contribution in [2.75, 3.05) is 18.1 Å². The van der Waals surface area contributed by atoms with Crippen LogP contribution in [-0.2, 0) is 6.54 Å². The zero-order chi connectivity index (χ0) is 29.7. The predicted octanol–water partition coefficient (Wildman–Crippen LogP) is 8.29. The van der Waals surface area contributed by atoms with E-state index in [9.17, 15) is 0 Å². The Labute approximate surface area is 259 Å². The summed E-state index contributed by atoms with van der Waals surface area (Å²) in [6.45, 7) is 5.88. The summed E-state index contributed by atoms with van der Waals surface area (Å²) in [6, 6.07) is 37.6. The Kier molecular flexibility index (Phi) is 10.8. The number of nitrogens with zero attached hydrogens (tertiary/aromatic N) is 4. The quantitative estimate of drug-likeness (QED) is 0.0644. The van der Waals surface area contributed by atoms with Crippen LogP contribution in [0.4, 0.5) is 0 Å². The van der Waals surface area contributed by atoms with Gasteiger partial charge in [0.1, 0.15) is 0 Å². The minimum Gasteiger partial charge on any atom is -0.284 e. The van der Waals surface area contributed by atoms with Crippen LogP contribution in [0.15, 0.2) is 145 Å². The Bertz CT molecular complexity index is 1680. The van der Waals surface area contributed by atoms with Gasteiger partial charge in [0.2, 0.25) is 5.69 Å². The molecular formula is C38H37N4S+. The minimum atomic E-state index is 0.741. The molecule has 43 heavy (non-hydrogen) atoms. The topological polar surface area (TPSA) is 42.0 Å². The van der Waals surface area contributed by atoms with E-state index in [0.717, 1.165) is 58.4 Å². The lowest BCUT2D eigenvalue weighted by Gasteiger charge is -2.10. The fourth-order valence-corrected chi connectivity index (χ4v) is 5.71. The van der Waals surface area contributed by atoms with E-state index in [1.807, 2.05) is 73.6 Å². The van der Waals surface area contributed by atoms with E-state index >= 15 is 0 Å². The maximum Gasteiger partial charge on any atom is 0.213 e. The van der Waals surface area contributed by atoms with Crippen molar-refractivity contribution in [1.82, 2.24) is 9.97 Å². The first-order valence-corrected chi connectivity index (χ1v) is 15.8. The molecule has 3 aromatic heterocycles. The lowest BCUT2D eigenvalue weighted by atomic mass is 10.0. The molecule has 0 unspecified atom stereocenters. The van der Waals surface area contributed by atoms with E-state index in [1.165, 1.54) is 17.0 Å². The second kappa shape index (κ2) is 15.6. The van der Waals surface area contributed by atoms with E-state index in [0.29, 0.717) is 0 Å². The first-order valence-electron chi connectivity index (χ1n) is 14.7. The molecule has 5 heteroatoms. The average Bonchev–Trinajstić information content (AvgIpc) is 3.07. The molecule has 0 bridgehead atoms. The number of allylic oxidation sites excluding steroid dienone is 4. The van der Waals surface area contributed by atoms with E-state index in [-0.39, 0.29) is 0 Å². The Morgan fingerprint density at radius 2 is 1.51 bits per heavy atom. The Balaban J connectivity index is 1.31. The standard InChI is InChI=1S/C38H37N4S/c1-3-14-33(35-19-10-12-21-39-35)28-37(31-15-6-4-7-16-31)41-23-25-43-26-24-42-30(2)27-34(36-20-11-13-22-40-36)29-38(42)32-17-8-5-9-18-32/h3-22,27-29H,23-26H2,1-2H3/q+1/b14-3+,33-28+,41-37?. The van der Waals surface area contributed by atoms with Crippen LogP contribution in [0.25, 0.3) is 28.1 Å². The first kappa shape index (κ1) is 29.9. The molecule has 0 aliphatic rings. The van der Waals surface area contributed by atoms with Crippen LogP contribution in [0.1, 0.15) is 23.9 Å². The van der Waals surface area contributed by atoms with Gasteiger partial charge in [-0.05, 0) is 55.0 Å². The van der Waals surface area contributed by atoms with Crippen molar-refractivity contribution >= 4 is 23.0 Å². The van der Waals surface area contributed by atoms with Gasteiger partial charge in [-0.2, -0.15) is 16.3 Å². The SMILES string of the molecule is C/C=C/C(=C\C(=NCCSCC[n+]1c(C)cc(-c2ccccn2)cc1-c1ccccc1)c1ccccc1)c1ccccn1. The fraction of sp³-hybridized carbons (Fsp3) is 0.158. The molecule has 0 fully saturated rings. The van der Waals surface area contributed by atoms with E-state index in [2.05, 4.69) is 106 Å². The molecule has 0 atom stereocenters. The van der Waals surface area contributed by atoms with Crippen LogP contribution in [0.3, 0.4) is 0 Å². The van der Waals surface area contributed by atoms with E-state index in [1.54, 1.807) is 0 Å². The summed E-state index contributed by atoms with van der Waals surface area (Å²) in [7, 11) is 0. The van der Waals surface area contributed by atoms with Crippen molar-refractivity contribution < 1.29 is 4.57 Å². The van der Waals surface area contributed by atoms with Gasteiger partial charge in [-0.3, -0.25) is 15.0 Å². The number of aliphatic imine (C=N–C) groups is 1. The summed E-state index contributed by atoms with van der Waals surface area (Å²) in [5.74, 6) is 1.94.